The molecule has 0 heterocycles. The van der Waals surface area contributed by atoms with E-state index in [1.165, 1.54) is 7.11 Å². The number of esters is 2. The lowest BCUT2D eigenvalue weighted by Crippen LogP contribution is -2.33. The van der Waals surface area contributed by atoms with Crippen molar-refractivity contribution in [3.63, 3.8) is 0 Å². The first-order valence-corrected chi connectivity index (χ1v) is 12.0. The largest absolute Gasteiger partial charge is 0.465 e. The van der Waals surface area contributed by atoms with Crippen LogP contribution in [0, 0.1) is 16.7 Å². The van der Waals surface area contributed by atoms with E-state index in [1.54, 1.807) is 40.2 Å². The van der Waals surface area contributed by atoms with Gasteiger partial charge in [0.1, 0.15) is 5.60 Å². The molecule has 210 valence electrons. The van der Waals surface area contributed by atoms with Gasteiger partial charge in [0.2, 0.25) is 0 Å². The Balaban J connectivity index is 5.01. The SMILES string of the molecule is COCC(C)(C)COC(=O)C/C=C/CC(CC(=O)OOC(C)(C)COC)C(=O)OCC(C)(C)COC. The van der Waals surface area contributed by atoms with Gasteiger partial charge in [-0.25, -0.2) is 4.79 Å². The molecule has 0 bridgehead atoms. The molecule has 36 heavy (non-hydrogen) atoms. The van der Waals surface area contributed by atoms with Gasteiger partial charge < -0.3 is 23.7 Å². The van der Waals surface area contributed by atoms with Crippen LogP contribution in [0.1, 0.15) is 60.8 Å². The van der Waals surface area contributed by atoms with Crippen LogP contribution in [0.15, 0.2) is 12.2 Å². The third kappa shape index (κ3) is 16.6. The molecule has 0 aromatic carbocycles. The number of carbonyl (C=O) groups is 3. The Morgan fingerprint density at radius 2 is 1.22 bits per heavy atom. The van der Waals surface area contributed by atoms with E-state index in [0.717, 1.165) is 0 Å². The molecule has 0 saturated heterocycles. The smallest absolute Gasteiger partial charge is 0.343 e. The van der Waals surface area contributed by atoms with Crippen LogP contribution in [0.4, 0.5) is 0 Å². The molecule has 0 aromatic rings. The Morgan fingerprint density at radius 1 is 0.694 bits per heavy atom. The Kier molecular flexibility index (Phi) is 15.7. The monoisotopic (exact) mass is 518 g/mol. The van der Waals surface area contributed by atoms with Gasteiger partial charge in [-0.3, -0.25) is 14.5 Å². The van der Waals surface area contributed by atoms with Crippen LogP contribution in [0.5, 0.6) is 0 Å². The zero-order chi connectivity index (χ0) is 27.8. The third-order valence-electron chi connectivity index (χ3n) is 4.77. The normalized spacial score (nSPS) is 13.5. The maximum Gasteiger partial charge on any atom is 0.343 e. The van der Waals surface area contributed by atoms with Crippen molar-refractivity contribution in [1.82, 2.24) is 0 Å². The molecule has 1 unspecified atom stereocenters. The standard InChI is InChI=1S/C26H46O10/c1-24(2,15-30-7)17-33-21(27)13-11-10-12-20(23(29)34-18-25(3,4)16-31-8)14-22(28)35-36-26(5,6)19-32-9/h10-11,20H,12-19H2,1-9H3/b11-10+. The molecule has 0 aromatic heterocycles. The summed E-state index contributed by atoms with van der Waals surface area (Å²) in [5, 5.41) is 0. The van der Waals surface area contributed by atoms with Crippen LogP contribution < -0.4 is 0 Å². The minimum absolute atomic E-state index is 0.0322. The Bertz CT molecular complexity index is 697. The van der Waals surface area contributed by atoms with Crippen molar-refractivity contribution in [3.05, 3.63) is 12.2 Å². The number of ether oxygens (including phenoxy) is 5. The summed E-state index contributed by atoms with van der Waals surface area (Å²) in [5.41, 5.74) is -1.53. The number of rotatable bonds is 19. The molecule has 10 heteroatoms. The summed E-state index contributed by atoms with van der Waals surface area (Å²) < 4.78 is 26.0. The third-order valence-corrected chi connectivity index (χ3v) is 4.77. The van der Waals surface area contributed by atoms with Gasteiger partial charge in [0, 0.05) is 32.2 Å². The quantitative estimate of drug-likeness (QED) is 0.109. The van der Waals surface area contributed by atoms with Crippen molar-refractivity contribution >= 4 is 17.9 Å². The van der Waals surface area contributed by atoms with Crippen LogP contribution in [0.25, 0.3) is 0 Å². The molecule has 0 spiro atoms. The van der Waals surface area contributed by atoms with E-state index in [2.05, 4.69) is 0 Å². The van der Waals surface area contributed by atoms with Gasteiger partial charge in [0.05, 0.1) is 51.8 Å². The Hall–Kier alpha value is -2.01. The second kappa shape index (κ2) is 16.7. The second-order valence-electron chi connectivity index (χ2n) is 11.0. The lowest BCUT2D eigenvalue weighted by molar-refractivity contribution is -0.331. The minimum atomic E-state index is -0.845. The maximum atomic E-state index is 12.8. The number of hydrogen-bond acceptors (Lipinski definition) is 10. The number of hydrogen-bond donors (Lipinski definition) is 0. The summed E-state index contributed by atoms with van der Waals surface area (Å²) in [7, 11) is 4.67. The first kappa shape index (κ1) is 34.0. The summed E-state index contributed by atoms with van der Waals surface area (Å²) in [5.74, 6) is -2.49. The molecule has 0 rings (SSSR count). The Morgan fingerprint density at radius 3 is 1.75 bits per heavy atom. The van der Waals surface area contributed by atoms with Crippen molar-refractivity contribution in [3.8, 4) is 0 Å². The molecule has 0 fully saturated rings. The van der Waals surface area contributed by atoms with Crippen LogP contribution in [-0.2, 0) is 47.8 Å². The van der Waals surface area contributed by atoms with E-state index in [9.17, 15) is 14.4 Å². The van der Waals surface area contributed by atoms with E-state index in [4.69, 9.17) is 33.5 Å². The zero-order valence-electron chi connectivity index (χ0n) is 23.5. The highest BCUT2D eigenvalue weighted by Crippen LogP contribution is 2.20. The minimum Gasteiger partial charge on any atom is -0.465 e. The first-order chi connectivity index (χ1) is 16.7. The highest BCUT2D eigenvalue weighted by Gasteiger charge is 2.29. The first-order valence-electron chi connectivity index (χ1n) is 12.0. The van der Waals surface area contributed by atoms with Crippen molar-refractivity contribution in [2.24, 2.45) is 16.7 Å². The van der Waals surface area contributed by atoms with Crippen molar-refractivity contribution in [2.75, 3.05) is 54.4 Å². The van der Waals surface area contributed by atoms with E-state index in [0.29, 0.717) is 13.2 Å². The molecule has 1 atom stereocenters. The molecule has 0 radical (unpaired) electrons. The van der Waals surface area contributed by atoms with E-state index >= 15 is 0 Å². The maximum absolute atomic E-state index is 12.8. The fraction of sp³-hybridized carbons (Fsp3) is 0.808. The van der Waals surface area contributed by atoms with E-state index < -0.39 is 29.4 Å². The molecule has 10 nitrogen and oxygen atoms in total. The number of methoxy groups -OCH3 is 3. The van der Waals surface area contributed by atoms with Crippen LogP contribution in [0.2, 0.25) is 0 Å². The fourth-order valence-electron chi connectivity index (χ4n) is 3.05. The average molecular weight is 519 g/mol. The van der Waals surface area contributed by atoms with Gasteiger partial charge >= 0.3 is 17.9 Å². The second-order valence-corrected chi connectivity index (χ2v) is 11.0. The molecule has 0 aliphatic carbocycles. The number of allylic oxidation sites excluding steroid dienone is 1. The van der Waals surface area contributed by atoms with Gasteiger partial charge in [-0.15, -0.1) is 0 Å². The fourth-order valence-corrected chi connectivity index (χ4v) is 3.05. The number of carbonyl (C=O) groups excluding carboxylic acids is 3. The van der Waals surface area contributed by atoms with E-state index in [-0.39, 0.29) is 49.9 Å². The molecule has 0 saturated carbocycles. The van der Waals surface area contributed by atoms with Crippen molar-refractivity contribution in [2.45, 2.75) is 66.4 Å². The van der Waals surface area contributed by atoms with Gasteiger partial charge in [0.25, 0.3) is 0 Å². The average Bonchev–Trinajstić information content (AvgIpc) is 2.77. The molecule has 0 N–H and O–H groups in total. The molecule has 0 aliphatic rings. The highest BCUT2D eigenvalue weighted by molar-refractivity contribution is 5.80. The predicted molar refractivity (Wildman–Crippen MR) is 133 cm³/mol. The molecule has 0 amide bonds. The van der Waals surface area contributed by atoms with Crippen LogP contribution in [-0.4, -0.2) is 77.9 Å². The lowest BCUT2D eigenvalue weighted by atomic mass is 9.96. The van der Waals surface area contributed by atoms with Crippen molar-refractivity contribution < 1.29 is 47.8 Å². The zero-order valence-corrected chi connectivity index (χ0v) is 23.5. The van der Waals surface area contributed by atoms with Gasteiger partial charge in [-0.05, 0) is 20.3 Å². The van der Waals surface area contributed by atoms with E-state index in [1.807, 2.05) is 27.7 Å². The Labute approximate surface area is 215 Å². The predicted octanol–water partition coefficient (Wildman–Crippen LogP) is 3.66. The molecular formula is C26H46O10. The summed E-state index contributed by atoms with van der Waals surface area (Å²) in [6, 6.07) is 0. The molecular weight excluding hydrogens is 472 g/mol. The highest BCUT2D eigenvalue weighted by atomic mass is 17.2. The van der Waals surface area contributed by atoms with Gasteiger partial charge in [-0.1, -0.05) is 39.8 Å². The molecule has 0 aliphatic heterocycles. The summed E-state index contributed by atoms with van der Waals surface area (Å²) in [6.45, 7) is 12.5. The summed E-state index contributed by atoms with van der Waals surface area (Å²) >= 11 is 0. The summed E-state index contributed by atoms with van der Waals surface area (Å²) in [4.78, 5) is 47.2. The summed E-state index contributed by atoms with van der Waals surface area (Å²) in [6.07, 6.45) is 3.20. The lowest BCUT2D eigenvalue weighted by Gasteiger charge is -2.24. The van der Waals surface area contributed by atoms with Gasteiger partial charge in [-0.2, -0.15) is 4.89 Å². The van der Waals surface area contributed by atoms with Crippen molar-refractivity contribution in [1.29, 1.82) is 0 Å². The van der Waals surface area contributed by atoms with Crippen LogP contribution >= 0.6 is 0 Å². The van der Waals surface area contributed by atoms with Crippen LogP contribution in [0.3, 0.4) is 0 Å². The van der Waals surface area contributed by atoms with Gasteiger partial charge in [0.15, 0.2) is 0 Å². The topological polar surface area (TPSA) is 116 Å².